The van der Waals surface area contributed by atoms with Crippen molar-refractivity contribution < 1.29 is 28.4 Å². The van der Waals surface area contributed by atoms with Crippen molar-refractivity contribution in [1.82, 2.24) is 10.2 Å². The maximum absolute atomic E-state index is 13.8. The molecule has 0 unspecified atom stereocenters. The van der Waals surface area contributed by atoms with Gasteiger partial charge in [-0.05, 0) is 69.6 Å². The average molecular weight is 549 g/mol. The monoisotopic (exact) mass is 549 g/mol. The number of nitrogens with zero attached hydrogens (tertiary/aromatic N) is 1. The van der Waals surface area contributed by atoms with Crippen molar-refractivity contribution in [3.05, 3.63) is 60.2 Å². The summed E-state index contributed by atoms with van der Waals surface area (Å²) in [5, 5.41) is 5.68. The Kier molecular flexibility index (Phi) is 8.90. The first-order valence-electron chi connectivity index (χ1n) is 13.9. The zero-order valence-electron chi connectivity index (χ0n) is 24.2. The van der Waals surface area contributed by atoms with E-state index in [9.17, 15) is 14.4 Å². The van der Waals surface area contributed by atoms with E-state index < -0.39 is 36.5 Å². The molecule has 0 radical (unpaired) electrons. The first kappa shape index (κ1) is 29.6. The molecule has 214 valence electrons. The molecule has 40 heavy (non-hydrogen) atoms. The fourth-order valence-corrected chi connectivity index (χ4v) is 4.77. The van der Waals surface area contributed by atoms with Gasteiger partial charge in [0.1, 0.15) is 12.1 Å². The van der Waals surface area contributed by atoms with Crippen LogP contribution in [0.15, 0.2) is 54.6 Å². The van der Waals surface area contributed by atoms with Gasteiger partial charge in [-0.25, -0.2) is 4.79 Å². The predicted molar refractivity (Wildman–Crippen MR) is 154 cm³/mol. The van der Waals surface area contributed by atoms with E-state index in [4.69, 9.17) is 14.0 Å². The van der Waals surface area contributed by atoms with E-state index in [0.29, 0.717) is 30.6 Å². The third-order valence-corrected chi connectivity index (χ3v) is 7.71. The van der Waals surface area contributed by atoms with Crippen molar-refractivity contribution in [1.29, 1.82) is 0 Å². The minimum Gasteiger partial charge on any atom is -0.449 e. The summed E-state index contributed by atoms with van der Waals surface area (Å²) in [5.74, 6) is -0.478. The fraction of sp³-hybridized carbons (Fsp3) is 0.500. The molecule has 2 aliphatic heterocycles. The molecule has 2 saturated heterocycles. The van der Waals surface area contributed by atoms with Gasteiger partial charge in [-0.1, -0.05) is 56.3 Å². The average Bonchev–Trinajstić information content (AvgIpc) is 3.48. The van der Waals surface area contributed by atoms with Crippen LogP contribution in [0.5, 0.6) is 0 Å². The van der Waals surface area contributed by atoms with Crippen LogP contribution in [0.1, 0.15) is 66.0 Å². The Morgan fingerprint density at radius 3 is 2.35 bits per heavy atom. The van der Waals surface area contributed by atoms with Gasteiger partial charge in [0.25, 0.3) is 5.91 Å². The molecule has 0 saturated carbocycles. The van der Waals surface area contributed by atoms with Crippen LogP contribution in [0.2, 0.25) is 0 Å². The normalized spacial score (nSPS) is 20.3. The fourth-order valence-electron chi connectivity index (χ4n) is 4.77. The molecule has 2 aromatic carbocycles. The van der Waals surface area contributed by atoms with Crippen LogP contribution in [-0.2, 0) is 23.6 Å². The predicted octanol–water partition coefficient (Wildman–Crippen LogP) is 4.04. The molecule has 2 fully saturated rings. The summed E-state index contributed by atoms with van der Waals surface area (Å²) in [7, 11) is -0.556. The number of hydrogen-bond acceptors (Lipinski definition) is 6. The Morgan fingerprint density at radius 2 is 1.70 bits per heavy atom. The van der Waals surface area contributed by atoms with Crippen molar-refractivity contribution in [2.45, 2.75) is 77.7 Å². The maximum Gasteiger partial charge on any atom is 0.494 e. The number of rotatable bonds is 8. The van der Waals surface area contributed by atoms with Crippen molar-refractivity contribution in [2.24, 2.45) is 5.92 Å². The van der Waals surface area contributed by atoms with Crippen molar-refractivity contribution in [3.8, 4) is 0 Å². The van der Waals surface area contributed by atoms with Crippen molar-refractivity contribution in [2.75, 3.05) is 18.5 Å². The molecule has 2 heterocycles. The lowest BCUT2D eigenvalue weighted by molar-refractivity contribution is -0.138. The van der Waals surface area contributed by atoms with Crippen molar-refractivity contribution >= 4 is 36.2 Å². The molecular formula is C30H40BN3O6. The van der Waals surface area contributed by atoms with Crippen LogP contribution >= 0.6 is 0 Å². The molecular weight excluding hydrogens is 509 g/mol. The van der Waals surface area contributed by atoms with Gasteiger partial charge in [-0.15, -0.1) is 0 Å². The van der Waals surface area contributed by atoms with Gasteiger partial charge in [0, 0.05) is 12.2 Å². The van der Waals surface area contributed by atoms with E-state index >= 15 is 0 Å². The number of amides is 3. The minimum absolute atomic E-state index is 0.159. The standard InChI is InChI=1S/C30H40BN3O6/c1-20(2)19-38-28(37)33-25(21-12-8-7-9-13-21)27(36)34-17-11-16-24(34)26(35)32-23-15-10-14-22(18-23)31-39-29(3,4)30(5,6)40-31/h7-10,12-15,18,20,24-25H,11,16-17,19H2,1-6H3,(H,32,35)(H,33,37)/t24-,25+/m0/s1. The topological polar surface area (TPSA) is 106 Å². The summed E-state index contributed by atoms with van der Waals surface area (Å²) in [6.45, 7) is 12.5. The van der Waals surface area contributed by atoms with E-state index in [-0.39, 0.29) is 24.3 Å². The summed E-state index contributed by atoms with van der Waals surface area (Å²) in [6, 6.07) is 14.7. The van der Waals surface area contributed by atoms with Gasteiger partial charge in [-0.3, -0.25) is 9.59 Å². The van der Waals surface area contributed by atoms with Crippen LogP contribution in [-0.4, -0.2) is 60.3 Å². The minimum atomic E-state index is -0.971. The summed E-state index contributed by atoms with van der Waals surface area (Å²) in [6.07, 6.45) is 0.529. The number of carbonyl (C=O) groups excluding carboxylic acids is 3. The molecule has 9 nitrogen and oxygen atoms in total. The highest BCUT2D eigenvalue weighted by Gasteiger charge is 2.51. The van der Waals surface area contributed by atoms with Gasteiger partial charge in [0.05, 0.1) is 17.8 Å². The van der Waals surface area contributed by atoms with Crippen LogP contribution in [0.4, 0.5) is 10.5 Å². The van der Waals surface area contributed by atoms with E-state index in [1.54, 1.807) is 35.2 Å². The number of likely N-dealkylation sites (tertiary alicyclic amines) is 1. The van der Waals surface area contributed by atoms with E-state index in [1.165, 1.54) is 0 Å². The Hall–Kier alpha value is -3.37. The van der Waals surface area contributed by atoms with E-state index in [1.807, 2.05) is 65.8 Å². The molecule has 2 aliphatic rings. The summed E-state index contributed by atoms with van der Waals surface area (Å²) < 4.78 is 17.6. The second-order valence-corrected chi connectivity index (χ2v) is 11.9. The number of anilines is 1. The number of benzene rings is 2. The van der Waals surface area contributed by atoms with E-state index in [0.717, 1.165) is 5.46 Å². The molecule has 0 aliphatic carbocycles. The second kappa shape index (κ2) is 12.0. The maximum atomic E-state index is 13.8. The smallest absolute Gasteiger partial charge is 0.449 e. The molecule has 4 rings (SSSR count). The highest BCUT2D eigenvalue weighted by Crippen LogP contribution is 2.36. The molecule has 2 aromatic rings. The highest BCUT2D eigenvalue weighted by atomic mass is 16.7. The lowest BCUT2D eigenvalue weighted by Crippen LogP contribution is -2.48. The Balaban J connectivity index is 1.47. The zero-order valence-corrected chi connectivity index (χ0v) is 24.2. The van der Waals surface area contributed by atoms with Crippen LogP contribution in [0, 0.1) is 5.92 Å². The Morgan fingerprint density at radius 1 is 1.02 bits per heavy atom. The van der Waals surface area contributed by atoms with Crippen LogP contribution in [0.3, 0.4) is 0 Å². The zero-order chi connectivity index (χ0) is 29.1. The van der Waals surface area contributed by atoms with Gasteiger partial charge >= 0.3 is 13.2 Å². The number of carbonyl (C=O) groups is 3. The first-order valence-corrected chi connectivity index (χ1v) is 13.9. The molecule has 0 spiro atoms. The third-order valence-electron chi connectivity index (χ3n) is 7.71. The highest BCUT2D eigenvalue weighted by molar-refractivity contribution is 6.62. The lowest BCUT2D eigenvalue weighted by Gasteiger charge is -2.32. The molecule has 3 amide bonds. The molecule has 0 aromatic heterocycles. The Bertz CT molecular complexity index is 1200. The number of alkyl carbamates (subject to hydrolysis) is 1. The number of ether oxygens (including phenoxy) is 1. The molecule has 2 N–H and O–H groups in total. The van der Waals surface area contributed by atoms with Gasteiger partial charge in [0.2, 0.25) is 5.91 Å². The molecule has 2 atom stereocenters. The summed E-state index contributed by atoms with van der Waals surface area (Å²) in [4.78, 5) is 41.3. The number of nitrogens with one attached hydrogen (secondary N) is 2. The van der Waals surface area contributed by atoms with Gasteiger partial charge < -0.3 is 29.6 Å². The quantitative estimate of drug-likeness (QED) is 0.482. The number of hydrogen-bond donors (Lipinski definition) is 2. The van der Waals surface area contributed by atoms with Crippen LogP contribution in [0.25, 0.3) is 0 Å². The van der Waals surface area contributed by atoms with Crippen molar-refractivity contribution in [3.63, 3.8) is 0 Å². The molecule has 0 bridgehead atoms. The first-order chi connectivity index (χ1) is 18.9. The summed E-state index contributed by atoms with van der Waals surface area (Å²) >= 11 is 0. The summed E-state index contributed by atoms with van der Waals surface area (Å²) in [5.41, 5.74) is 1.05. The third kappa shape index (κ3) is 6.67. The lowest BCUT2D eigenvalue weighted by atomic mass is 9.79. The largest absolute Gasteiger partial charge is 0.494 e. The second-order valence-electron chi connectivity index (χ2n) is 11.9. The van der Waals surface area contributed by atoms with Gasteiger partial charge in [-0.2, -0.15) is 0 Å². The van der Waals surface area contributed by atoms with Crippen LogP contribution < -0.4 is 16.1 Å². The SMILES string of the molecule is CC(C)COC(=O)N[C@@H](C(=O)N1CCC[C@H]1C(=O)Nc1cccc(B2OC(C)(C)C(C)(C)O2)c1)c1ccccc1. The van der Waals surface area contributed by atoms with Gasteiger partial charge in [0.15, 0.2) is 0 Å². The Labute approximate surface area is 237 Å². The molecule has 10 heteroatoms. The van der Waals surface area contributed by atoms with E-state index in [2.05, 4.69) is 10.6 Å².